The molecule has 0 radical (unpaired) electrons. The average Bonchev–Trinajstić information content (AvgIpc) is 3.16. The predicted octanol–water partition coefficient (Wildman–Crippen LogP) is 2.45. The second kappa shape index (κ2) is 6.61. The number of amides is 2. The molecule has 1 atom stereocenters. The lowest BCUT2D eigenvalue weighted by molar-refractivity contribution is 0.159. The van der Waals surface area contributed by atoms with Gasteiger partial charge in [-0.1, -0.05) is 11.8 Å². The number of hydrogen-bond donors (Lipinski definition) is 2. The third kappa shape index (κ3) is 3.22. The maximum atomic E-state index is 12.5. The van der Waals surface area contributed by atoms with Gasteiger partial charge < -0.3 is 4.90 Å². The first-order valence-electron chi connectivity index (χ1n) is 7.01. The molecule has 118 valence electrons. The number of aryl methyl sites for hydroxylation is 1. The van der Waals surface area contributed by atoms with Crippen LogP contribution in [-0.4, -0.2) is 48.3 Å². The predicted molar refractivity (Wildman–Crippen MR) is 85.1 cm³/mol. The van der Waals surface area contributed by atoms with Crippen LogP contribution in [0.15, 0.2) is 5.16 Å². The lowest BCUT2D eigenvalue weighted by Crippen LogP contribution is -2.41. The zero-order chi connectivity index (χ0) is 15.5. The highest BCUT2D eigenvalue weighted by molar-refractivity contribution is 7.98. The first-order valence-corrected chi connectivity index (χ1v) is 9.01. The minimum absolute atomic E-state index is 0.0911. The number of piperidine rings is 1. The highest BCUT2D eigenvalue weighted by Crippen LogP contribution is 2.29. The summed E-state index contributed by atoms with van der Waals surface area (Å²) in [5.41, 5.74) is 0. The number of likely N-dealkylation sites (tertiary alicyclic amines) is 1. The average molecular weight is 339 g/mol. The van der Waals surface area contributed by atoms with Gasteiger partial charge in [-0.15, -0.1) is 0 Å². The summed E-state index contributed by atoms with van der Waals surface area (Å²) >= 11 is 2.64. The largest absolute Gasteiger partial charge is 0.324 e. The van der Waals surface area contributed by atoms with Crippen molar-refractivity contribution in [3.8, 4) is 0 Å². The summed E-state index contributed by atoms with van der Waals surface area (Å²) in [7, 11) is 0. The molecule has 2 amide bonds. The Morgan fingerprint density at radius 3 is 3.00 bits per heavy atom. The van der Waals surface area contributed by atoms with E-state index in [0.29, 0.717) is 22.7 Å². The van der Waals surface area contributed by atoms with E-state index in [1.165, 1.54) is 23.3 Å². The summed E-state index contributed by atoms with van der Waals surface area (Å²) in [5.74, 6) is 1.43. The molecule has 3 rings (SSSR count). The molecule has 0 bridgehead atoms. The topological polar surface area (TPSA) is 99.7 Å². The summed E-state index contributed by atoms with van der Waals surface area (Å²) in [4.78, 5) is 22.9. The zero-order valence-electron chi connectivity index (χ0n) is 12.4. The number of anilines is 1. The summed E-state index contributed by atoms with van der Waals surface area (Å²) in [6.07, 6.45) is 4.83. The van der Waals surface area contributed by atoms with Crippen molar-refractivity contribution < 1.29 is 4.79 Å². The Bertz CT molecular complexity index is 655. The van der Waals surface area contributed by atoms with Crippen LogP contribution in [0.3, 0.4) is 0 Å². The van der Waals surface area contributed by atoms with E-state index < -0.39 is 0 Å². The molecule has 1 saturated heterocycles. The van der Waals surface area contributed by atoms with Gasteiger partial charge in [0, 0.05) is 18.1 Å². The molecule has 1 fully saturated rings. The third-order valence-electron chi connectivity index (χ3n) is 3.48. The molecule has 10 heteroatoms. The lowest BCUT2D eigenvalue weighted by atomic mass is 10.0. The van der Waals surface area contributed by atoms with Crippen molar-refractivity contribution in [2.24, 2.45) is 0 Å². The second-order valence-corrected chi connectivity index (χ2v) is 6.53. The second-order valence-electron chi connectivity index (χ2n) is 5.00. The molecule has 0 aromatic carbocycles. The van der Waals surface area contributed by atoms with Gasteiger partial charge in [-0.2, -0.15) is 14.5 Å². The SMILES string of the molecule is CSc1nsc(NC(=O)N2CCCC[C@@H]2c2n[nH]c(C)n2)n1. The molecule has 22 heavy (non-hydrogen) atoms. The van der Waals surface area contributed by atoms with Crippen LogP contribution in [0, 0.1) is 6.92 Å². The van der Waals surface area contributed by atoms with Gasteiger partial charge in [0.25, 0.3) is 0 Å². The molecule has 2 aromatic rings. The Hall–Kier alpha value is -1.68. The number of hydrogen-bond acceptors (Lipinski definition) is 7. The van der Waals surface area contributed by atoms with Gasteiger partial charge in [0.05, 0.1) is 6.04 Å². The van der Waals surface area contributed by atoms with Crippen LogP contribution in [0.4, 0.5) is 9.93 Å². The number of nitrogens with zero attached hydrogens (tertiary/aromatic N) is 5. The van der Waals surface area contributed by atoms with Gasteiger partial charge in [0.15, 0.2) is 5.82 Å². The van der Waals surface area contributed by atoms with Crippen LogP contribution < -0.4 is 5.32 Å². The Morgan fingerprint density at radius 1 is 1.45 bits per heavy atom. The van der Waals surface area contributed by atoms with E-state index in [1.807, 2.05) is 13.2 Å². The van der Waals surface area contributed by atoms with Crippen molar-refractivity contribution in [2.45, 2.75) is 37.4 Å². The molecule has 0 spiro atoms. The summed E-state index contributed by atoms with van der Waals surface area (Å²) in [6.45, 7) is 2.55. The molecule has 2 aromatic heterocycles. The summed E-state index contributed by atoms with van der Waals surface area (Å²) in [6, 6.07) is -0.261. The minimum atomic E-state index is -0.170. The maximum absolute atomic E-state index is 12.5. The molecular formula is C12H17N7OS2. The number of aromatic amines is 1. The number of nitrogens with one attached hydrogen (secondary N) is 2. The zero-order valence-corrected chi connectivity index (χ0v) is 14.0. The third-order valence-corrected chi connectivity index (χ3v) is 4.77. The van der Waals surface area contributed by atoms with E-state index in [0.717, 1.165) is 25.1 Å². The van der Waals surface area contributed by atoms with Crippen molar-refractivity contribution in [1.82, 2.24) is 29.4 Å². The maximum Gasteiger partial charge on any atom is 0.324 e. The van der Waals surface area contributed by atoms with E-state index in [1.54, 1.807) is 4.90 Å². The van der Waals surface area contributed by atoms with Gasteiger partial charge in [-0.25, -0.2) is 9.78 Å². The van der Waals surface area contributed by atoms with Gasteiger partial charge >= 0.3 is 6.03 Å². The van der Waals surface area contributed by atoms with Crippen molar-refractivity contribution in [2.75, 3.05) is 18.1 Å². The molecule has 0 aliphatic carbocycles. The first kappa shape index (κ1) is 15.2. The van der Waals surface area contributed by atoms with Crippen LogP contribution >= 0.6 is 23.3 Å². The number of aromatic nitrogens is 5. The molecule has 3 heterocycles. The van der Waals surface area contributed by atoms with Crippen LogP contribution in [-0.2, 0) is 0 Å². The van der Waals surface area contributed by atoms with E-state index in [-0.39, 0.29) is 12.1 Å². The summed E-state index contributed by atoms with van der Waals surface area (Å²) < 4.78 is 4.14. The van der Waals surface area contributed by atoms with E-state index in [4.69, 9.17) is 0 Å². The van der Waals surface area contributed by atoms with E-state index >= 15 is 0 Å². The Kier molecular flexibility index (Phi) is 4.57. The number of urea groups is 1. The van der Waals surface area contributed by atoms with E-state index in [2.05, 4.69) is 29.9 Å². The summed E-state index contributed by atoms with van der Waals surface area (Å²) in [5, 5.41) is 11.1. The Morgan fingerprint density at radius 2 is 2.32 bits per heavy atom. The van der Waals surface area contributed by atoms with Crippen LogP contribution in [0.1, 0.15) is 37.0 Å². The number of carbonyl (C=O) groups excluding carboxylic acids is 1. The Balaban J connectivity index is 1.73. The number of H-pyrrole nitrogens is 1. The van der Waals surface area contributed by atoms with Crippen molar-refractivity contribution >= 4 is 34.5 Å². The van der Waals surface area contributed by atoms with Crippen molar-refractivity contribution in [3.63, 3.8) is 0 Å². The van der Waals surface area contributed by atoms with Gasteiger partial charge in [0.2, 0.25) is 10.3 Å². The quantitative estimate of drug-likeness (QED) is 0.833. The normalized spacial score (nSPS) is 18.5. The molecular weight excluding hydrogens is 322 g/mol. The molecule has 2 N–H and O–H groups in total. The number of thioether (sulfide) groups is 1. The van der Waals surface area contributed by atoms with Gasteiger partial charge in [-0.3, -0.25) is 10.4 Å². The van der Waals surface area contributed by atoms with Crippen LogP contribution in [0.25, 0.3) is 0 Å². The highest BCUT2D eigenvalue weighted by atomic mass is 32.2. The Labute approximate surface area is 136 Å². The molecule has 0 unspecified atom stereocenters. The minimum Gasteiger partial charge on any atom is -0.314 e. The molecule has 8 nitrogen and oxygen atoms in total. The smallest absolute Gasteiger partial charge is 0.314 e. The number of rotatable bonds is 3. The van der Waals surface area contributed by atoms with Crippen LogP contribution in [0.5, 0.6) is 0 Å². The van der Waals surface area contributed by atoms with Gasteiger partial charge in [0.1, 0.15) is 5.82 Å². The van der Waals surface area contributed by atoms with Crippen molar-refractivity contribution in [1.29, 1.82) is 0 Å². The number of carbonyl (C=O) groups is 1. The molecule has 1 aliphatic heterocycles. The molecule has 0 saturated carbocycles. The van der Waals surface area contributed by atoms with Crippen molar-refractivity contribution in [3.05, 3.63) is 11.6 Å². The van der Waals surface area contributed by atoms with Gasteiger partial charge in [-0.05, 0) is 32.4 Å². The fraction of sp³-hybridized carbons (Fsp3) is 0.583. The monoisotopic (exact) mass is 339 g/mol. The fourth-order valence-electron chi connectivity index (χ4n) is 2.46. The fourth-order valence-corrected chi connectivity index (χ4v) is 3.57. The van der Waals surface area contributed by atoms with E-state index in [9.17, 15) is 4.79 Å². The van der Waals surface area contributed by atoms with Crippen LogP contribution in [0.2, 0.25) is 0 Å². The standard InChI is InChI=1S/C12H17N7OS2/c1-7-13-9(17-16-7)8-5-3-4-6-19(8)12(20)15-10-14-11(21-2)18-22-10/h8H,3-6H2,1-2H3,(H,13,16,17)(H,14,15,18,20)/t8-/m1/s1. The first-order chi connectivity index (χ1) is 10.7. The lowest BCUT2D eigenvalue weighted by Gasteiger charge is -2.33. The molecule has 1 aliphatic rings. The highest BCUT2D eigenvalue weighted by Gasteiger charge is 2.31.